The third-order valence-corrected chi connectivity index (χ3v) is 3.89. The molecular weight excluding hydrogens is 299 g/mol. The molecule has 0 radical (unpaired) electrons. The SMILES string of the molecule is Cc1cc(NC(=O)[C@@H]2CC(=O)N(c3ccccc3F)C2)n(C)n1. The fraction of sp³-hybridized carbons (Fsp3) is 0.312. The van der Waals surface area contributed by atoms with Crippen LogP contribution < -0.4 is 10.2 Å². The molecule has 23 heavy (non-hydrogen) atoms. The molecule has 2 amide bonds. The van der Waals surface area contributed by atoms with Crippen LogP contribution in [0.3, 0.4) is 0 Å². The van der Waals surface area contributed by atoms with Crippen molar-refractivity contribution in [2.24, 2.45) is 13.0 Å². The largest absolute Gasteiger partial charge is 0.311 e. The molecule has 1 aliphatic rings. The van der Waals surface area contributed by atoms with Crippen molar-refractivity contribution < 1.29 is 14.0 Å². The van der Waals surface area contributed by atoms with Crippen LogP contribution in [0.25, 0.3) is 0 Å². The van der Waals surface area contributed by atoms with E-state index >= 15 is 0 Å². The number of hydrogen-bond donors (Lipinski definition) is 1. The molecule has 0 spiro atoms. The second kappa shape index (κ2) is 5.83. The highest BCUT2D eigenvalue weighted by Gasteiger charge is 2.36. The number of para-hydroxylation sites is 1. The van der Waals surface area contributed by atoms with Gasteiger partial charge in [0, 0.05) is 26.1 Å². The van der Waals surface area contributed by atoms with E-state index in [9.17, 15) is 14.0 Å². The number of aryl methyl sites for hydroxylation is 2. The third kappa shape index (κ3) is 2.94. The molecular formula is C16H17FN4O2. The van der Waals surface area contributed by atoms with Gasteiger partial charge in [0.1, 0.15) is 11.6 Å². The number of nitrogens with one attached hydrogen (secondary N) is 1. The van der Waals surface area contributed by atoms with E-state index in [0.717, 1.165) is 5.69 Å². The molecule has 1 aromatic carbocycles. The number of hydrogen-bond acceptors (Lipinski definition) is 3. The zero-order valence-electron chi connectivity index (χ0n) is 12.9. The van der Waals surface area contributed by atoms with E-state index in [1.165, 1.54) is 17.0 Å². The minimum Gasteiger partial charge on any atom is -0.311 e. The molecule has 1 aliphatic heterocycles. The summed E-state index contributed by atoms with van der Waals surface area (Å²) in [5.74, 6) is -0.928. The highest BCUT2D eigenvalue weighted by atomic mass is 19.1. The summed E-state index contributed by atoms with van der Waals surface area (Å²) in [7, 11) is 1.73. The van der Waals surface area contributed by atoms with Gasteiger partial charge >= 0.3 is 0 Å². The van der Waals surface area contributed by atoms with E-state index < -0.39 is 11.7 Å². The topological polar surface area (TPSA) is 67.2 Å². The van der Waals surface area contributed by atoms with Gasteiger partial charge in [0.2, 0.25) is 11.8 Å². The normalized spacial score (nSPS) is 17.6. The average Bonchev–Trinajstić information content (AvgIpc) is 3.02. The van der Waals surface area contributed by atoms with Crippen LogP contribution in [-0.4, -0.2) is 28.1 Å². The maximum Gasteiger partial charge on any atom is 0.230 e. The lowest BCUT2D eigenvalue weighted by Gasteiger charge is -2.17. The average molecular weight is 316 g/mol. The van der Waals surface area contributed by atoms with E-state index in [1.54, 1.807) is 29.9 Å². The zero-order valence-corrected chi connectivity index (χ0v) is 12.9. The summed E-state index contributed by atoms with van der Waals surface area (Å²) < 4.78 is 15.4. The molecule has 1 saturated heterocycles. The Morgan fingerprint density at radius 2 is 2.13 bits per heavy atom. The second-order valence-corrected chi connectivity index (χ2v) is 5.64. The highest BCUT2D eigenvalue weighted by molar-refractivity contribution is 6.03. The molecule has 120 valence electrons. The van der Waals surface area contributed by atoms with Crippen LogP contribution in [0, 0.1) is 18.7 Å². The molecule has 7 heteroatoms. The standard InChI is InChI=1S/C16H17FN4O2/c1-10-7-14(20(2)19-10)18-16(23)11-8-15(22)21(9-11)13-6-4-3-5-12(13)17/h3-7,11H,8-9H2,1-2H3,(H,18,23)/t11-/m1/s1. The van der Waals surface area contributed by atoms with Crippen LogP contribution in [0.2, 0.25) is 0 Å². The number of halogens is 1. The molecule has 6 nitrogen and oxygen atoms in total. The van der Waals surface area contributed by atoms with Crippen molar-refractivity contribution in [3.05, 3.63) is 41.8 Å². The van der Waals surface area contributed by atoms with Crippen molar-refractivity contribution >= 4 is 23.3 Å². The molecule has 0 unspecified atom stereocenters. The number of benzene rings is 1. The van der Waals surface area contributed by atoms with Gasteiger partial charge in [-0.15, -0.1) is 0 Å². The third-order valence-electron chi connectivity index (χ3n) is 3.89. The summed E-state index contributed by atoms with van der Waals surface area (Å²) in [6, 6.07) is 7.82. The van der Waals surface area contributed by atoms with Crippen LogP contribution in [0.15, 0.2) is 30.3 Å². The highest BCUT2D eigenvalue weighted by Crippen LogP contribution is 2.28. The Bertz CT molecular complexity index is 771. The van der Waals surface area contributed by atoms with Crippen molar-refractivity contribution in [3.63, 3.8) is 0 Å². The number of carbonyl (C=O) groups excluding carboxylic acids is 2. The Kier molecular flexibility index (Phi) is 3.85. The van der Waals surface area contributed by atoms with Gasteiger partial charge < -0.3 is 10.2 Å². The van der Waals surface area contributed by atoms with Gasteiger partial charge in [0.25, 0.3) is 0 Å². The maximum atomic E-state index is 13.8. The van der Waals surface area contributed by atoms with E-state index in [2.05, 4.69) is 10.4 Å². The van der Waals surface area contributed by atoms with Crippen LogP contribution in [0.4, 0.5) is 15.9 Å². The Morgan fingerprint density at radius 3 is 2.78 bits per heavy atom. The molecule has 3 rings (SSSR count). The number of amides is 2. The lowest BCUT2D eigenvalue weighted by Crippen LogP contribution is -2.29. The molecule has 0 bridgehead atoms. The van der Waals surface area contributed by atoms with E-state index in [-0.39, 0.29) is 30.5 Å². The first-order valence-corrected chi connectivity index (χ1v) is 7.32. The summed E-state index contributed by atoms with van der Waals surface area (Å²) >= 11 is 0. The first-order valence-electron chi connectivity index (χ1n) is 7.32. The van der Waals surface area contributed by atoms with E-state index in [4.69, 9.17) is 0 Å². The molecule has 1 aromatic heterocycles. The Morgan fingerprint density at radius 1 is 1.39 bits per heavy atom. The first-order chi connectivity index (χ1) is 11.0. The van der Waals surface area contributed by atoms with E-state index in [0.29, 0.717) is 5.82 Å². The number of aromatic nitrogens is 2. The maximum absolute atomic E-state index is 13.8. The summed E-state index contributed by atoms with van der Waals surface area (Å²) in [4.78, 5) is 25.8. The quantitative estimate of drug-likeness (QED) is 0.940. The van der Waals surface area contributed by atoms with Crippen molar-refractivity contribution in [2.75, 3.05) is 16.8 Å². The predicted octanol–water partition coefficient (Wildman–Crippen LogP) is 1.86. The predicted molar refractivity (Wildman–Crippen MR) is 83.4 cm³/mol. The van der Waals surface area contributed by atoms with Crippen LogP contribution >= 0.6 is 0 Å². The number of anilines is 2. The van der Waals surface area contributed by atoms with Gasteiger partial charge in [-0.3, -0.25) is 14.3 Å². The molecule has 1 N–H and O–H groups in total. The molecule has 2 heterocycles. The van der Waals surface area contributed by atoms with Gasteiger partial charge in [-0.05, 0) is 19.1 Å². The Balaban J connectivity index is 1.73. The summed E-state index contributed by atoms with van der Waals surface area (Å²) in [5, 5.41) is 6.92. The lowest BCUT2D eigenvalue weighted by atomic mass is 10.1. The second-order valence-electron chi connectivity index (χ2n) is 5.64. The number of nitrogens with zero attached hydrogens (tertiary/aromatic N) is 3. The van der Waals surface area contributed by atoms with Crippen LogP contribution in [0.5, 0.6) is 0 Å². The minimum atomic E-state index is -0.516. The van der Waals surface area contributed by atoms with Gasteiger partial charge in [-0.1, -0.05) is 12.1 Å². The monoisotopic (exact) mass is 316 g/mol. The summed E-state index contributed by atoms with van der Waals surface area (Å²) in [6.07, 6.45) is 0.0665. The van der Waals surface area contributed by atoms with Crippen molar-refractivity contribution in [1.82, 2.24) is 9.78 Å². The van der Waals surface area contributed by atoms with E-state index in [1.807, 2.05) is 6.92 Å². The Hall–Kier alpha value is -2.70. The molecule has 0 saturated carbocycles. The fourth-order valence-corrected chi connectivity index (χ4v) is 2.74. The summed E-state index contributed by atoms with van der Waals surface area (Å²) in [6.45, 7) is 2.00. The molecule has 1 atom stereocenters. The van der Waals surface area contributed by atoms with Crippen LogP contribution in [-0.2, 0) is 16.6 Å². The van der Waals surface area contributed by atoms with Gasteiger partial charge in [-0.2, -0.15) is 5.10 Å². The summed E-state index contributed by atoms with van der Waals surface area (Å²) in [5.41, 5.74) is 1.00. The van der Waals surface area contributed by atoms with Crippen molar-refractivity contribution in [1.29, 1.82) is 0 Å². The fourth-order valence-electron chi connectivity index (χ4n) is 2.74. The smallest absolute Gasteiger partial charge is 0.230 e. The van der Waals surface area contributed by atoms with Crippen LogP contribution in [0.1, 0.15) is 12.1 Å². The lowest BCUT2D eigenvalue weighted by molar-refractivity contribution is -0.122. The van der Waals surface area contributed by atoms with Gasteiger partial charge in [0.05, 0.1) is 17.3 Å². The zero-order chi connectivity index (χ0) is 16.6. The number of carbonyl (C=O) groups is 2. The van der Waals surface area contributed by atoms with Gasteiger partial charge in [-0.25, -0.2) is 4.39 Å². The minimum absolute atomic E-state index is 0.0665. The number of rotatable bonds is 3. The van der Waals surface area contributed by atoms with Crippen molar-refractivity contribution in [2.45, 2.75) is 13.3 Å². The molecule has 1 fully saturated rings. The Labute approximate surface area is 132 Å². The molecule has 0 aliphatic carbocycles. The van der Waals surface area contributed by atoms with Crippen molar-refractivity contribution in [3.8, 4) is 0 Å². The van der Waals surface area contributed by atoms with Gasteiger partial charge in [0.15, 0.2) is 0 Å². The molecule has 2 aromatic rings. The first kappa shape index (κ1) is 15.2.